The summed E-state index contributed by atoms with van der Waals surface area (Å²) in [6.45, 7) is 9.80. The first-order chi connectivity index (χ1) is 8.74. The van der Waals surface area contributed by atoms with Crippen LogP contribution in [0.25, 0.3) is 0 Å². The minimum Gasteiger partial charge on any atom is -0.478 e. The highest BCUT2D eigenvalue weighted by Crippen LogP contribution is 2.21. The zero-order valence-corrected chi connectivity index (χ0v) is 11.4. The van der Waals surface area contributed by atoms with Crippen molar-refractivity contribution in [3.63, 3.8) is 0 Å². The van der Waals surface area contributed by atoms with Gasteiger partial charge in [-0.2, -0.15) is 4.98 Å². The molecule has 2 rings (SSSR count). The van der Waals surface area contributed by atoms with Crippen LogP contribution in [0.2, 0.25) is 0 Å². The Bertz CT molecular complexity index is 393. The molecule has 0 aliphatic carbocycles. The van der Waals surface area contributed by atoms with Crippen LogP contribution in [-0.4, -0.2) is 42.3 Å². The molecular formula is C13H22N4O. The zero-order chi connectivity index (χ0) is 13.0. The lowest BCUT2D eigenvalue weighted by atomic mass is 10.1. The normalized spacial score (nSPS) is 15.3. The first kappa shape index (κ1) is 13.1. The van der Waals surface area contributed by atoms with Crippen LogP contribution in [0.3, 0.4) is 0 Å². The van der Waals surface area contributed by atoms with Gasteiger partial charge in [0, 0.05) is 25.7 Å². The molecular weight excluding hydrogens is 228 g/mol. The molecule has 5 heteroatoms. The lowest BCUT2D eigenvalue weighted by Crippen LogP contribution is -2.57. The number of ether oxygens (including phenoxy) is 1. The molecule has 0 aromatic carbocycles. The molecule has 0 unspecified atom stereocenters. The maximum Gasteiger partial charge on any atom is 0.218 e. The van der Waals surface area contributed by atoms with E-state index in [0.29, 0.717) is 18.5 Å². The van der Waals surface area contributed by atoms with Crippen LogP contribution in [0.4, 0.5) is 5.82 Å². The molecule has 1 aromatic rings. The Balaban J connectivity index is 2.22. The Hall–Kier alpha value is -1.36. The second-order valence-electron chi connectivity index (χ2n) is 4.55. The topological polar surface area (TPSA) is 50.3 Å². The molecule has 1 N–H and O–H groups in total. The Morgan fingerprint density at radius 1 is 1.39 bits per heavy atom. The summed E-state index contributed by atoms with van der Waals surface area (Å²) in [5.41, 5.74) is 0. The predicted molar refractivity (Wildman–Crippen MR) is 72.2 cm³/mol. The molecule has 0 saturated carbocycles. The summed E-state index contributed by atoms with van der Waals surface area (Å²) in [5.74, 6) is 2.43. The summed E-state index contributed by atoms with van der Waals surface area (Å²) in [6, 6.07) is 2.50. The second-order valence-corrected chi connectivity index (χ2v) is 4.55. The fraction of sp³-hybridized carbons (Fsp3) is 0.692. The Morgan fingerprint density at radius 3 is 2.72 bits per heavy atom. The molecule has 0 radical (unpaired) electrons. The Kier molecular flexibility index (Phi) is 4.36. The van der Waals surface area contributed by atoms with Crippen molar-refractivity contribution in [3.05, 3.63) is 11.9 Å². The van der Waals surface area contributed by atoms with Gasteiger partial charge in [0.25, 0.3) is 0 Å². The van der Waals surface area contributed by atoms with Gasteiger partial charge in [-0.25, -0.2) is 4.98 Å². The van der Waals surface area contributed by atoms with E-state index in [1.165, 1.54) is 0 Å². The third kappa shape index (κ3) is 2.90. The minimum absolute atomic E-state index is 0.550. The molecule has 1 fully saturated rings. The largest absolute Gasteiger partial charge is 0.478 e. The minimum atomic E-state index is 0.550. The van der Waals surface area contributed by atoms with Crippen LogP contribution in [0.1, 0.15) is 26.1 Å². The van der Waals surface area contributed by atoms with Gasteiger partial charge in [0.1, 0.15) is 11.6 Å². The highest BCUT2D eigenvalue weighted by atomic mass is 16.5. The number of rotatable bonds is 6. The molecule has 100 valence electrons. The highest BCUT2D eigenvalue weighted by Gasteiger charge is 2.25. The van der Waals surface area contributed by atoms with Gasteiger partial charge in [0.05, 0.1) is 12.6 Å². The van der Waals surface area contributed by atoms with E-state index in [-0.39, 0.29) is 0 Å². The van der Waals surface area contributed by atoms with Crippen molar-refractivity contribution in [3.8, 4) is 5.88 Å². The van der Waals surface area contributed by atoms with Crippen LogP contribution in [0.5, 0.6) is 5.88 Å². The van der Waals surface area contributed by atoms with E-state index in [1.807, 2.05) is 19.9 Å². The number of anilines is 1. The number of aryl methyl sites for hydroxylation is 1. The van der Waals surface area contributed by atoms with Crippen molar-refractivity contribution in [1.82, 2.24) is 15.3 Å². The molecule has 1 aromatic heterocycles. The second kappa shape index (κ2) is 6.00. The molecule has 5 nitrogen and oxygen atoms in total. The number of aromatic nitrogens is 2. The maximum atomic E-state index is 5.49. The van der Waals surface area contributed by atoms with Gasteiger partial charge in [-0.3, -0.25) is 0 Å². The van der Waals surface area contributed by atoms with E-state index in [4.69, 9.17) is 4.74 Å². The number of hydrogen-bond donors (Lipinski definition) is 1. The van der Waals surface area contributed by atoms with Crippen LogP contribution >= 0.6 is 0 Å². The quantitative estimate of drug-likeness (QED) is 0.826. The van der Waals surface area contributed by atoms with Crippen molar-refractivity contribution >= 4 is 5.82 Å². The summed E-state index contributed by atoms with van der Waals surface area (Å²) in [5, 5.41) is 3.31. The molecule has 2 heterocycles. The van der Waals surface area contributed by atoms with Crippen molar-refractivity contribution < 1.29 is 4.74 Å². The maximum absolute atomic E-state index is 5.49. The van der Waals surface area contributed by atoms with Gasteiger partial charge in [0.2, 0.25) is 5.88 Å². The van der Waals surface area contributed by atoms with Gasteiger partial charge < -0.3 is 15.0 Å². The standard InChI is InChI=1S/C13H22N4O/c1-4-6-17(11-8-14-9-11)12-7-13(18-5-2)16-10(3)15-12/h7,11,14H,4-6,8-9H2,1-3H3. The van der Waals surface area contributed by atoms with Crippen LogP contribution in [0.15, 0.2) is 6.07 Å². The van der Waals surface area contributed by atoms with Crippen LogP contribution in [-0.2, 0) is 0 Å². The van der Waals surface area contributed by atoms with E-state index in [2.05, 4.69) is 27.1 Å². The van der Waals surface area contributed by atoms with Crippen molar-refractivity contribution in [2.24, 2.45) is 0 Å². The fourth-order valence-electron chi connectivity index (χ4n) is 2.11. The SMILES string of the molecule is CCCN(c1cc(OCC)nc(C)n1)C1CNC1. The summed E-state index contributed by atoms with van der Waals surface area (Å²) in [6.07, 6.45) is 1.11. The monoisotopic (exact) mass is 250 g/mol. The Morgan fingerprint density at radius 2 is 2.17 bits per heavy atom. The summed E-state index contributed by atoms with van der Waals surface area (Å²) < 4.78 is 5.49. The van der Waals surface area contributed by atoms with Crippen molar-refractivity contribution in [2.75, 3.05) is 31.1 Å². The molecule has 1 aliphatic heterocycles. The van der Waals surface area contributed by atoms with Gasteiger partial charge in [0.15, 0.2) is 0 Å². The van der Waals surface area contributed by atoms with Gasteiger partial charge >= 0.3 is 0 Å². The molecule has 0 amide bonds. The number of nitrogens with zero attached hydrogens (tertiary/aromatic N) is 3. The fourth-order valence-corrected chi connectivity index (χ4v) is 2.11. The predicted octanol–water partition coefficient (Wildman–Crippen LogP) is 1.37. The summed E-state index contributed by atoms with van der Waals surface area (Å²) >= 11 is 0. The summed E-state index contributed by atoms with van der Waals surface area (Å²) in [4.78, 5) is 11.2. The lowest BCUT2D eigenvalue weighted by Gasteiger charge is -2.39. The molecule has 0 bridgehead atoms. The number of nitrogens with one attached hydrogen (secondary N) is 1. The average molecular weight is 250 g/mol. The third-order valence-corrected chi connectivity index (χ3v) is 3.05. The van der Waals surface area contributed by atoms with E-state index in [0.717, 1.165) is 37.7 Å². The number of hydrogen-bond acceptors (Lipinski definition) is 5. The van der Waals surface area contributed by atoms with Gasteiger partial charge in [-0.05, 0) is 20.3 Å². The smallest absolute Gasteiger partial charge is 0.218 e. The molecule has 0 spiro atoms. The van der Waals surface area contributed by atoms with E-state index in [1.54, 1.807) is 0 Å². The molecule has 0 atom stereocenters. The first-order valence-corrected chi connectivity index (χ1v) is 6.70. The van der Waals surface area contributed by atoms with E-state index >= 15 is 0 Å². The first-order valence-electron chi connectivity index (χ1n) is 6.70. The van der Waals surface area contributed by atoms with Crippen molar-refractivity contribution in [2.45, 2.75) is 33.2 Å². The van der Waals surface area contributed by atoms with Crippen LogP contribution in [0, 0.1) is 6.92 Å². The van der Waals surface area contributed by atoms with E-state index < -0.39 is 0 Å². The molecule has 1 saturated heterocycles. The molecule has 1 aliphatic rings. The van der Waals surface area contributed by atoms with E-state index in [9.17, 15) is 0 Å². The summed E-state index contributed by atoms with van der Waals surface area (Å²) in [7, 11) is 0. The third-order valence-electron chi connectivity index (χ3n) is 3.05. The Labute approximate surface area is 109 Å². The average Bonchev–Trinajstić information content (AvgIpc) is 2.25. The zero-order valence-electron chi connectivity index (χ0n) is 11.4. The molecule has 18 heavy (non-hydrogen) atoms. The van der Waals surface area contributed by atoms with Crippen molar-refractivity contribution in [1.29, 1.82) is 0 Å². The van der Waals surface area contributed by atoms with Gasteiger partial charge in [-0.15, -0.1) is 0 Å². The van der Waals surface area contributed by atoms with Gasteiger partial charge in [-0.1, -0.05) is 6.92 Å². The van der Waals surface area contributed by atoms with Crippen LogP contribution < -0.4 is 15.0 Å². The highest BCUT2D eigenvalue weighted by molar-refractivity contribution is 5.44. The lowest BCUT2D eigenvalue weighted by molar-refractivity contribution is 0.324.